The van der Waals surface area contributed by atoms with Gasteiger partial charge in [0, 0.05) is 29.2 Å². The zero-order valence-electron chi connectivity index (χ0n) is 13.5. The zero-order valence-corrected chi connectivity index (χ0v) is 13.5. The number of hydrazone groups is 1. The van der Waals surface area contributed by atoms with E-state index in [1.807, 2.05) is 42.6 Å². The van der Waals surface area contributed by atoms with Crippen LogP contribution in [0, 0.1) is 0 Å². The molecule has 0 spiro atoms. The third-order valence-electron chi connectivity index (χ3n) is 3.65. The fourth-order valence-electron chi connectivity index (χ4n) is 2.61. The van der Waals surface area contributed by atoms with Crippen molar-refractivity contribution in [3.63, 3.8) is 0 Å². The van der Waals surface area contributed by atoms with Crippen LogP contribution in [0.1, 0.15) is 18.1 Å². The van der Waals surface area contributed by atoms with Crippen molar-refractivity contribution in [2.45, 2.75) is 13.5 Å². The monoisotopic (exact) mass is 321 g/mol. The molecule has 3 rings (SSSR count). The number of rotatable bonds is 5. The molecule has 0 aliphatic carbocycles. The highest BCUT2D eigenvalue weighted by Crippen LogP contribution is 2.21. The smallest absolute Gasteiger partial charge is 0.427 e. The Hall–Kier alpha value is -3.08. The molecule has 0 saturated heterocycles. The number of hydrogen-bond donors (Lipinski definition) is 1. The van der Waals surface area contributed by atoms with Gasteiger partial charge in [0.1, 0.15) is 0 Å². The Morgan fingerprint density at radius 1 is 1.17 bits per heavy atom. The summed E-state index contributed by atoms with van der Waals surface area (Å²) in [5, 5.41) is 5.05. The Kier molecular flexibility index (Phi) is 4.91. The minimum absolute atomic E-state index is 0.317. The number of aromatic nitrogens is 1. The molecular weight excluding hydrogens is 302 g/mol. The number of para-hydroxylation sites is 1. The molecule has 0 saturated carbocycles. The average molecular weight is 321 g/mol. The lowest BCUT2D eigenvalue weighted by Crippen LogP contribution is -2.18. The first-order valence-corrected chi connectivity index (χ1v) is 7.85. The Labute approximate surface area is 140 Å². The number of hydrogen-bond acceptors (Lipinski definition) is 3. The van der Waals surface area contributed by atoms with Crippen LogP contribution < -0.4 is 5.43 Å². The summed E-state index contributed by atoms with van der Waals surface area (Å²) >= 11 is 0. The van der Waals surface area contributed by atoms with E-state index in [1.165, 1.54) is 5.56 Å². The molecule has 1 aromatic heterocycles. The summed E-state index contributed by atoms with van der Waals surface area (Å²) in [6.45, 7) is 2.85. The van der Waals surface area contributed by atoms with Gasteiger partial charge in [-0.15, -0.1) is 0 Å². The van der Waals surface area contributed by atoms with Gasteiger partial charge in [-0.3, -0.25) is 0 Å². The zero-order chi connectivity index (χ0) is 16.8. The quantitative estimate of drug-likeness (QED) is 0.574. The van der Waals surface area contributed by atoms with Crippen LogP contribution in [0.2, 0.25) is 0 Å². The molecule has 1 heterocycles. The van der Waals surface area contributed by atoms with Gasteiger partial charge in [-0.1, -0.05) is 48.5 Å². The first-order chi connectivity index (χ1) is 11.8. The first kappa shape index (κ1) is 15.8. The molecule has 2 aromatic carbocycles. The van der Waals surface area contributed by atoms with Crippen molar-refractivity contribution in [3.05, 3.63) is 71.9 Å². The van der Waals surface area contributed by atoms with Crippen molar-refractivity contribution in [2.24, 2.45) is 5.10 Å². The lowest BCUT2D eigenvalue weighted by Gasteiger charge is -2.05. The number of ether oxygens (including phenoxy) is 1. The van der Waals surface area contributed by atoms with Crippen LogP contribution in [0.15, 0.2) is 65.9 Å². The second kappa shape index (κ2) is 7.46. The van der Waals surface area contributed by atoms with Gasteiger partial charge in [0.15, 0.2) is 0 Å². The summed E-state index contributed by atoms with van der Waals surface area (Å²) in [5.74, 6) is 0. The molecular formula is C19H19N3O2. The maximum Gasteiger partial charge on any atom is 0.427 e. The number of amides is 1. The number of benzene rings is 2. The van der Waals surface area contributed by atoms with Crippen molar-refractivity contribution in [1.82, 2.24) is 9.99 Å². The normalized spacial score (nSPS) is 11.0. The van der Waals surface area contributed by atoms with Gasteiger partial charge in [0.25, 0.3) is 0 Å². The summed E-state index contributed by atoms with van der Waals surface area (Å²) in [6, 6.07) is 18.4. The van der Waals surface area contributed by atoms with Gasteiger partial charge < -0.3 is 9.30 Å². The van der Waals surface area contributed by atoms with E-state index < -0.39 is 6.09 Å². The summed E-state index contributed by atoms with van der Waals surface area (Å²) in [7, 11) is 0. The van der Waals surface area contributed by atoms with Crippen LogP contribution in [0.4, 0.5) is 4.79 Å². The van der Waals surface area contributed by atoms with E-state index in [0.29, 0.717) is 6.61 Å². The standard InChI is InChI=1S/C19H19N3O2/c1-2-24-19(23)21-20-12-16-14-22(13-15-8-4-3-5-9-15)18-11-7-6-10-17(16)18/h3-12,14H,2,13H2,1H3,(H,21,23)/b20-12-. The molecule has 0 fully saturated rings. The fourth-order valence-corrected chi connectivity index (χ4v) is 2.61. The Bertz CT molecular complexity index is 853. The van der Waals surface area contributed by atoms with Gasteiger partial charge in [0.2, 0.25) is 0 Å². The van der Waals surface area contributed by atoms with Crippen molar-refractivity contribution in [1.29, 1.82) is 0 Å². The average Bonchev–Trinajstić information content (AvgIpc) is 2.94. The van der Waals surface area contributed by atoms with E-state index in [4.69, 9.17) is 4.74 Å². The maximum atomic E-state index is 11.3. The van der Waals surface area contributed by atoms with Crippen LogP contribution in [-0.2, 0) is 11.3 Å². The summed E-state index contributed by atoms with van der Waals surface area (Å²) in [6.07, 6.45) is 3.12. The maximum absolute atomic E-state index is 11.3. The highest BCUT2D eigenvalue weighted by Gasteiger charge is 2.07. The Morgan fingerprint density at radius 2 is 1.92 bits per heavy atom. The van der Waals surface area contributed by atoms with Gasteiger partial charge >= 0.3 is 6.09 Å². The molecule has 0 unspecified atom stereocenters. The highest BCUT2D eigenvalue weighted by atomic mass is 16.5. The predicted octanol–water partition coefficient (Wildman–Crippen LogP) is 3.77. The van der Waals surface area contributed by atoms with E-state index in [-0.39, 0.29) is 0 Å². The van der Waals surface area contributed by atoms with Gasteiger partial charge in [-0.25, -0.2) is 10.2 Å². The molecule has 0 aliphatic rings. The van der Waals surface area contributed by atoms with Gasteiger partial charge in [0.05, 0.1) is 12.8 Å². The lowest BCUT2D eigenvalue weighted by atomic mass is 10.2. The van der Waals surface area contributed by atoms with Crippen molar-refractivity contribution in [3.8, 4) is 0 Å². The van der Waals surface area contributed by atoms with Crippen LogP contribution in [-0.4, -0.2) is 23.5 Å². The minimum Gasteiger partial charge on any atom is -0.449 e. The molecule has 122 valence electrons. The minimum atomic E-state index is -0.554. The van der Waals surface area contributed by atoms with Crippen LogP contribution in [0.5, 0.6) is 0 Å². The summed E-state index contributed by atoms with van der Waals surface area (Å²) in [4.78, 5) is 11.3. The molecule has 1 N–H and O–H groups in total. The van der Waals surface area contributed by atoms with E-state index in [0.717, 1.165) is 23.0 Å². The fraction of sp³-hybridized carbons (Fsp3) is 0.158. The van der Waals surface area contributed by atoms with Crippen molar-refractivity contribution >= 4 is 23.2 Å². The van der Waals surface area contributed by atoms with E-state index in [9.17, 15) is 4.79 Å². The van der Waals surface area contributed by atoms with E-state index in [1.54, 1.807) is 13.1 Å². The molecule has 0 atom stereocenters. The summed E-state index contributed by atoms with van der Waals surface area (Å²) < 4.78 is 6.96. The van der Waals surface area contributed by atoms with Gasteiger partial charge in [-0.05, 0) is 18.6 Å². The Balaban J connectivity index is 1.86. The molecule has 24 heavy (non-hydrogen) atoms. The van der Waals surface area contributed by atoms with Crippen LogP contribution in [0.3, 0.4) is 0 Å². The predicted molar refractivity (Wildman–Crippen MR) is 95.2 cm³/mol. The molecule has 0 radical (unpaired) electrons. The molecule has 1 amide bonds. The van der Waals surface area contributed by atoms with Crippen LogP contribution in [0.25, 0.3) is 10.9 Å². The SMILES string of the molecule is CCOC(=O)N/N=C\c1cn(Cc2ccccc2)c2ccccc12. The molecule has 5 heteroatoms. The number of carbonyl (C=O) groups excluding carboxylic acids is 1. The Morgan fingerprint density at radius 3 is 2.71 bits per heavy atom. The van der Waals surface area contributed by atoms with E-state index >= 15 is 0 Å². The summed E-state index contributed by atoms with van der Waals surface area (Å²) in [5.41, 5.74) is 5.65. The van der Waals surface area contributed by atoms with Crippen molar-refractivity contribution in [2.75, 3.05) is 6.61 Å². The number of nitrogens with zero attached hydrogens (tertiary/aromatic N) is 2. The topological polar surface area (TPSA) is 55.6 Å². The largest absolute Gasteiger partial charge is 0.449 e. The number of fused-ring (bicyclic) bond motifs is 1. The third-order valence-corrected chi connectivity index (χ3v) is 3.65. The van der Waals surface area contributed by atoms with Crippen LogP contribution >= 0.6 is 0 Å². The molecule has 0 aliphatic heterocycles. The first-order valence-electron chi connectivity index (χ1n) is 7.85. The third kappa shape index (κ3) is 3.63. The second-order valence-corrected chi connectivity index (χ2v) is 5.31. The second-order valence-electron chi connectivity index (χ2n) is 5.31. The van der Waals surface area contributed by atoms with E-state index in [2.05, 4.69) is 33.3 Å². The molecule has 3 aromatic rings. The molecule has 0 bridgehead atoms. The van der Waals surface area contributed by atoms with Crippen molar-refractivity contribution < 1.29 is 9.53 Å². The molecule has 5 nitrogen and oxygen atoms in total. The lowest BCUT2D eigenvalue weighted by molar-refractivity contribution is 0.152. The number of carbonyl (C=O) groups is 1. The highest BCUT2D eigenvalue weighted by molar-refractivity contribution is 5.99. The van der Waals surface area contributed by atoms with Gasteiger partial charge in [-0.2, -0.15) is 5.10 Å². The number of nitrogens with one attached hydrogen (secondary N) is 1.